The zero-order chi connectivity index (χ0) is 31.2. The van der Waals surface area contributed by atoms with Crippen LogP contribution in [0.1, 0.15) is 95.8 Å². The number of carbonyl (C=O) groups excluding carboxylic acids is 3. The molecule has 2 fully saturated rings. The molecule has 4 aliphatic carbocycles. The molecule has 234 valence electrons. The maximum Gasteiger partial charge on any atom is 0.338 e. The number of rotatable bonds is 11. The van der Waals surface area contributed by atoms with E-state index in [0.29, 0.717) is 23.1 Å². The first-order chi connectivity index (χ1) is 20.4. The minimum atomic E-state index is -1.94. The minimum absolute atomic E-state index is 0.119. The van der Waals surface area contributed by atoms with Crippen LogP contribution in [-0.4, -0.2) is 62.6 Å². The standard InChI is InChI=1S/C35H46O8/c1-5-6-7-8-9-13-16-28(37)43-35-27(42-31(39)24-14-11-10-12-15-24)20-33(40)25(29(35)32(35,3)4)18-23(21-36)19-34(41)26(33)17-22(2)30(34)38/h10-12,14-15,17-18,25-27,29,36,40-41H,5-9,13,16,19-21H2,1-4H3/t25-,26-,27+,29+,33+,34+,35-/m0/s1. The zero-order valence-electron chi connectivity index (χ0n) is 25.8. The van der Waals surface area contributed by atoms with Crippen molar-refractivity contribution in [2.45, 2.75) is 108 Å². The molecule has 8 heteroatoms. The summed E-state index contributed by atoms with van der Waals surface area (Å²) in [6, 6.07) is 8.52. The molecule has 0 spiro atoms. The molecule has 7 atom stereocenters. The molecule has 0 aliphatic heterocycles. The van der Waals surface area contributed by atoms with Gasteiger partial charge in [0.05, 0.1) is 17.8 Å². The van der Waals surface area contributed by atoms with Gasteiger partial charge in [0.2, 0.25) is 0 Å². The largest absolute Gasteiger partial charge is 0.454 e. The van der Waals surface area contributed by atoms with Gasteiger partial charge in [-0.15, -0.1) is 0 Å². The van der Waals surface area contributed by atoms with E-state index in [1.54, 1.807) is 49.4 Å². The van der Waals surface area contributed by atoms with Crippen LogP contribution in [0.4, 0.5) is 0 Å². The molecule has 3 N–H and O–H groups in total. The molecule has 0 unspecified atom stereocenters. The van der Waals surface area contributed by atoms with Crippen molar-refractivity contribution < 1.29 is 39.2 Å². The summed E-state index contributed by atoms with van der Waals surface area (Å²) >= 11 is 0. The highest BCUT2D eigenvalue weighted by molar-refractivity contribution is 6.04. The average Bonchev–Trinajstić information content (AvgIpc) is 3.41. The van der Waals surface area contributed by atoms with E-state index in [1.165, 1.54) is 6.42 Å². The second-order valence-electron chi connectivity index (χ2n) is 13.7. The van der Waals surface area contributed by atoms with Crippen LogP contribution in [0, 0.1) is 23.2 Å². The number of fused-ring (bicyclic) bond motifs is 5. The van der Waals surface area contributed by atoms with Gasteiger partial charge in [0, 0.05) is 42.4 Å². The van der Waals surface area contributed by atoms with Gasteiger partial charge in [0.15, 0.2) is 11.4 Å². The Hall–Kier alpha value is -2.81. The molecule has 8 nitrogen and oxygen atoms in total. The quantitative estimate of drug-likeness (QED) is 0.188. The number of carbonyl (C=O) groups is 3. The van der Waals surface area contributed by atoms with Crippen LogP contribution in [0.5, 0.6) is 0 Å². The van der Waals surface area contributed by atoms with E-state index in [9.17, 15) is 29.7 Å². The number of hydrogen-bond donors (Lipinski definition) is 3. The van der Waals surface area contributed by atoms with E-state index < -0.39 is 64.4 Å². The molecule has 0 saturated heterocycles. The van der Waals surface area contributed by atoms with Crippen LogP contribution in [0.25, 0.3) is 0 Å². The van der Waals surface area contributed by atoms with Gasteiger partial charge in [-0.25, -0.2) is 4.79 Å². The fourth-order valence-corrected chi connectivity index (χ4v) is 8.49. The number of esters is 2. The number of Topliss-reactive ketones (excluding diaryl/α,β-unsaturated/α-hetero) is 1. The first-order valence-electron chi connectivity index (χ1n) is 15.8. The Morgan fingerprint density at radius 1 is 1.00 bits per heavy atom. The Labute approximate surface area is 254 Å². The zero-order valence-corrected chi connectivity index (χ0v) is 25.8. The maximum absolute atomic E-state index is 13.4. The van der Waals surface area contributed by atoms with E-state index in [0.717, 1.165) is 25.7 Å². The predicted octanol–water partition coefficient (Wildman–Crippen LogP) is 4.85. The monoisotopic (exact) mass is 594 g/mol. The van der Waals surface area contributed by atoms with Gasteiger partial charge in [-0.2, -0.15) is 0 Å². The lowest BCUT2D eigenvalue weighted by Crippen LogP contribution is -2.61. The predicted molar refractivity (Wildman–Crippen MR) is 160 cm³/mol. The van der Waals surface area contributed by atoms with Gasteiger partial charge in [0.25, 0.3) is 0 Å². The van der Waals surface area contributed by atoms with Gasteiger partial charge in [-0.05, 0) is 36.6 Å². The van der Waals surface area contributed by atoms with Crippen LogP contribution in [0.15, 0.2) is 53.6 Å². The first-order valence-corrected chi connectivity index (χ1v) is 15.8. The summed E-state index contributed by atoms with van der Waals surface area (Å²) in [6.07, 6.45) is 8.43. The van der Waals surface area contributed by atoms with E-state index in [4.69, 9.17) is 9.47 Å². The summed E-state index contributed by atoms with van der Waals surface area (Å²) < 4.78 is 12.5. The van der Waals surface area contributed by atoms with Crippen molar-refractivity contribution in [2.75, 3.05) is 6.61 Å². The number of benzene rings is 1. The van der Waals surface area contributed by atoms with Crippen molar-refractivity contribution in [1.29, 1.82) is 0 Å². The second-order valence-corrected chi connectivity index (χ2v) is 13.7. The molecule has 0 bridgehead atoms. The Morgan fingerprint density at radius 2 is 1.67 bits per heavy atom. The van der Waals surface area contributed by atoms with Crippen molar-refractivity contribution in [3.8, 4) is 0 Å². The van der Waals surface area contributed by atoms with Gasteiger partial charge < -0.3 is 24.8 Å². The minimum Gasteiger partial charge on any atom is -0.454 e. The molecule has 4 aliphatic rings. The fourth-order valence-electron chi connectivity index (χ4n) is 8.49. The summed E-state index contributed by atoms with van der Waals surface area (Å²) in [7, 11) is 0. The summed E-state index contributed by atoms with van der Waals surface area (Å²) in [5.41, 5.74) is -4.49. The summed E-state index contributed by atoms with van der Waals surface area (Å²) in [5.74, 6) is -3.63. The van der Waals surface area contributed by atoms with Crippen LogP contribution in [0.3, 0.4) is 0 Å². The lowest BCUT2D eigenvalue weighted by atomic mass is 9.63. The highest BCUT2D eigenvalue weighted by Gasteiger charge is 2.86. The van der Waals surface area contributed by atoms with Crippen molar-refractivity contribution >= 4 is 17.7 Å². The summed E-state index contributed by atoms with van der Waals surface area (Å²) in [5, 5.41) is 34.6. The molecule has 0 amide bonds. The van der Waals surface area contributed by atoms with E-state index in [-0.39, 0.29) is 25.2 Å². The molecule has 43 heavy (non-hydrogen) atoms. The second kappa shape index (κ2) is 11.6. The Kier molecular flexibility index (Phi) is 8.53. The van der Waals surface area contributed by atoms with E-state index in [2.05, 4.69) is 6.92 Å². The molecule has 0 radical (unpaired) electrons. The lowest BCUT2D eigenvalue weighted by Gasteiger charge is -2.49. The smallest absolute Gasteiger partial charge is 0.338 e. The third kappa shape index (κ3) is 5.09. The highest BCUT2D eigenvalue weighted by Crippen LogP contribution is 2.76. The third-order valence-corrected chi connectivity index (χ3v) is 10.7. The normalized spacial score (nSPS) is 35.5. The molecular formula is C35H46O8. The van der Waals surface area contributed by atoms with Crippen LogP contribution < -0.4 is 0 Å². The Bertz CT molecular complexity index is 1310. The van der Waals surface area contributed by atoms with Crippen molar-refractivity contribution in [2.24, 2.45) is 23.2 Å². The number of aliphatic hydroxyl groups is 3. The summed E-state index contributed by atoms with van der Waals surface area (Å²) in [4.78, 5) is 40.1. The Balaban J connectivity index is 1.51. The molecular weight excluding hydrogens is 548 g/mol. The van der Waals surface area contributed by atoms with Crippen molar-refractivity contribution in [3.05, 3.63) is 59.2 Å². The summed E-state index contributed by atoms with van der Waals surface area (Å²) in [6.45, 7) is 7.26. The molecule has 0 heterocycles. The molecule has 1 aromatic carbocycles. The number of aliphatic hydroxyl groups excluding tert-OH is 1. The van der Waals surface area contributed by atoms with E-state index in [1.807, 2.05) is 13.8 Å². The number of unbranched alkanes of at least 4 members (excludes halogenated alkanes) is 5. The van der Waals surface area contributed by atoms with Crippen LogP contribution >= 0.6 is 0 Å². The van der Waals surface area contributed by atoms with Crippen molar-refractivity contribution in [3.63, 3.8) is 0 Å². The number of ketones is 1. The lowest BCUT2D eigenvalue weighted by molar-refractivity contribution is -0.196. The van der Waals surface area contributed by atoms with Gasteiger partial charge in [-0.1, -0.05) is 83.2 Å². The highest BCUT2D eigenvalue weighted by atomic mass is 16.6. The van der Waals surface area contributed by atoms with Crippen LogP contribution in [0.2, 0.25) is 0 Å². The van der Waals surface area contributed by atoms with E-state index >= 15 is 0 Å². The van der Waals surface area contributed by atoms with Gasteiger partial charge in [-0.3, -0.25) is 9.59 Å². The van der Waals surface area contributed by atoms with Gasteiger partial charge >= 0.3 is 11.9 Å². The topological polar surface area (TPSA) is 130 Å². The Morgan fingerprint density at radius 3 is 2.35 bits per heavy atom. The van der Waals surface area contributed by atoms with Crippen LogP contribution in [-0.2, 0) is 19.1 Å². The maximum atomic E-state index is 13.4. The van der Waals surface area contributed by atoms with Crippen molar-refractivity contribution in [1.82, 2.24) is 0 Å². The molecule has 1 aromatic rings. The number of ether oxygens (including phenoxy) is 2. The first kappa shape index (κ1) is 31.6. The van der Waals surface area contributed by atoms with Gasteiger partial charge in [0.1, 0.15) is 11.7 Å². The number of hydrogen-bond acceptors (Lipinski definition) is 8. The molecule has 2 saturated carbocycles. The third-order valence-electron chi connectivity index (χ3n) is 10.7. The molecule has 5 rings (SSSR count). The molecule has 0 aromatic heterocycles. The SMILES string of the molecule is CCCCCCCCC(=O)O[C@]12[C@H]([C@@H]3C=C(CO)C[C@]4(O)C(=O)C(C)=C[C@H]4[C@@]3(O)C[C@H]1OC(=O)c1ccccc1)C2(C)C. The average molecular weight is 595 g/mol. The fraction of sp³-hybridized carbons (Fsp3) is 0.629.